The van der Waals surface area contributed by atoms with Crippen LogP contribution in [-0.2, 0) is 0 Å². The SMILES string of the molecule is CCCCN(CC)C(=O)c1cc(-c2cc(C)oc2C)nc2onc(C)c12. The van der Waals surface area contributed by atoms with Gasteiger partial charge in [0, 0.05) is 18.7 Å². The average Bonchev–Trinajstić information content (AvgIpc) is 3.16. The zero-order valence-corrected chi connectivity index (χ0v) is 16.0. The third-order valence-corrected chi connectivity index (χ3v) is 4.61. The van der Waals surface area contributed by atoms with Crippen LogP contribution >= 0.6 is 0 Å². The molecule has 0 spiro atoms. The zero-order valence-electron chi connectivity index (χ0n) is 16.0. The van der Waals surface area contributed by atoms with Gasteiger partial charge in [0.05, 0.1) is 22.3 Å². The number of carbonyl (C=O) groups excluding carboxylic acids is 1. The molecule has 26 heavy (non-hydrogen) atoms. The minimum atomic E-state index is -0.0150. The monoisotopic (exact) mass is 355 g/mol. The molecule has 0 fully saturated rings. The first-order valence-electron chi connectivity index (χ1n) is 9.09. The maximum absolute atomic E-state index is 13.2. The van der Waals surface area contributed by atoms with E-state index in [-0.39, 0.29) is 5.91 Å². The van der Waals surface area contributed by atoms with E-state index in [1.807, 2.05) is 44.7 Å². The van der Waals surface area contributed by atoms with Gasteiger partial charge in [0.15, 0.2) is 0 Å². The van der Waals surface area contributed by atoms with Crippen LogP contribution in [0.25, 0.3) is 22.4 Å². The van der Waals surface area contributed by atoms with E-state index in [1.165, 1.54) is 0 Å². The number of furan rings is 1. The van der Waals surface area contributed by atoms with Gasteiger partial charge in [0.2, 0.25) is 0 Å². The lowest BCUT2D eigenvalue weighted by molar-refractivity contribution is 0.0764. The molecule has 6 heteroatoms. The molecular formula is C20H25N3O3. The van der Waals surface area contributed by atoms with Gasteiger partial charge in [-0.05, 0) is 46.2 Å². The van der Waals surface area contributed by atoms with Crippen LogP contribution in [0.15, 0.2) is 21.1 Å². The first-order valence-corrected chi connectivity index (χ1v) is 9.09. The third-order valence-electron chi connectivity index (χ3n) is 4.61. The van der Waals surface area contributed by atoms with E-state index in [2.05, 4.69) is 17.1 Å². The van der Waals surface area contributed by atoms with Gasteiger partial charge in [0.25, 0.3) is 11.6 Å². The highest BCUT2D eigenvalue weighted by atomic mass is 16.5. The maximum Gasteiger partial charge on any atom is 0.259 e. The van der Waals surface area contributed by atoms with E-state index in [0.29, 0.717) is 34.6 Å². The number of rotatable bonds is 6. The quantitative estimate of drug-likeness (QED) is 0.642. The second kappa shape index (κ2) is 7.32. The molecule has 0 saturated heterocycles. The summed E-state index contributed by atoms with van der Waals surface area (Å²) in [7, 11) is 0. The largest absolute Gasteiger partial charge is 0.466 e. The summed E-state index contributed by atoms with van der Waals surface area (Å²) in [5, 5.41) is 4.70. The van der Waals surface area contributed by atoms with E-state index in [9.17, 15) is 4.79 Å². The van der Waals surface area contributed by atoms with Gasteiger partial charge in [-0.2, -0.15) is 0 Å². The van der Waals surface area contributed by atoms with Crippen molar-refractivity contribution in [2.24, 2.45) is 0 Å². The number of pyridine rings is 1. The van der Waals surface area contributed by atoms with Crippen molar-refractivity contribution in [1.82, 2.24) is 15.0 Å². The van der Waals surface area contributed by atoms with E-state index < -0.39 is 0 Å². The summed E-state index contributed by atoms with van der Waals surface area (Å²) in [4.78, 5) is 19.7. The van der Waals surface area contributed by atoms with Crippen molar-refractivity contribution in [2.75, 3.05) is 13.1 Å². The minimum absolute atomic E-state index is 0.0150. The molecule has 3 aromatic rings. The summed E-state index contributed by atoms with van der Waals surface area (Å²) in [6.45, 7) is 11.1. The molecule has 0 N–H and O–H groups in total. The predicted molar refractivity (Wildman–Crippen MR) is 100 cm³/mol. The topological polar surface area (TPSA) is 72.4 Å². The van der Waals surface area contributed by atoms with Crippen LogP contribution in [0, 0.1) is 20.8 Å². The lowest BCUT2D eigenvalue weighted by Gasteiger charge is -2.21. The molecule has 0 saturated carbocycles. The molecular weight excluding hydrogens is 330 g/mol. The Bertz CT molecular complexity index is 939. The highest BCUT2D eigenvalue weighted by molar-refractivity contribution is 6.07. The third kappa shape index (κ3) is 3.23. The Kier molecular flexibility index (Phi) is 5.11. The standard InChI is InChI=1S/C20H25N3O3/c1-6-8-9-23(7-2)20(24)16-11-17(15-10-12(3)25-14(15)5)21-19-18(16)13(4)22-26-19/h10-11H,6-9H2,1-5H3. The summed E-state index contributed by atoms with van der Waals surface area (Å²) >= 11 is 0. The number of aromatic nitrogens is 2. The molecule has 3 heterocycles. The Morgan fingerprint density at radius 2 is 1.96 bits per heavy atom. The summed E-state index contributed by atoms with van der Waals surface area (Å²) in [6.07, 6.45) is 2.02. The molecule has 0 aliphatic rings. The van der Waals surface area contributed by atoms with Crippen molar-refractivity contribution >= 4 is 17.0 Å². The number of hydrogen-bond acceptors (Lipinski definition) is 5. The fraction of sp³-hybridized carbons (Fsp3) is 0.450. The number of carbonyl (C=O) groups is 1. The van der Waals surface area contributed by atoms with Gasteiger partial charge in [0.1, 0.15) is 11.5 Å². The number of hydrogen-bond donors (Lipinski definition) is 0. The number of amides is 1. The second-order valence-corrected chi connectivity index (χ2v) is 6.57. The summed E-state index contributed by atoms with van der Waals surface area (Å²) < 4.78 is 11.0. The Hall–Kier alpha value is -2.63. The highest BCUT2D eigenvalue weighted by Crippen LogP contribution is 2.31. The van der Waals surface area contributed by atoms with Crippen molar-refractivity contribution in [3.63, 3.8) is 0 Å². The Morgan fingerprint density at radius 1 is 1.19 bits per heavy atom. The Labute approximate surface area is 153 Å². The Morgan fingerprint density at radius 3 is 2.58 bits per heavy atom. The number of aryl methyl sites for hydroxylation is 3. The van der Waals surface area contributed by atoms with Crippen molar-refractivity contribution in [3.05, 3.63) is 34.9 Å². The number of nitrogens with zero attached hydrogens (tertiary/aromatic N) is 3. The van der Waals surface area contributed by atoms with Crippen LogP contribution in [0.4, 0.5) is 0 Å². The first-order chi connectivity index (χ1) is 12.5. The van der Waals surface area contributed by atoms with E-state index in [0.717, 1.165) is 36.5 Å². The Balaban J connectivity index is 2.15. The highest BCUT2D eigenvalue weighted by Gasteiger charge is 2.23. The van der Waals surface area contributed by atoms with Crippen molar-refractivity contribution in [1.29, 1.82) is 0 Å². The molecule has 0 bridgehead atoms. The van der Waals surface area contributed by atoms with Gasteiger partial charge in [-0.15, -0.1) is 0 Å². The molecule has 0 atom stereocenters. The summed E-state index contributed by atoms with van der Waals surface area (Å²) in [6, 6.07) is 3.76. The zero-order chi connectivity index (χ0) is 18.8. The summed E-state index contributed by atoms with van der Waals surface area (Å²) in [5.41, 5.74) is 3.17. The average molecular weight is 355 g/mol. The molecule has 3 rings (SSSR count). The van der Waals surface area contributed by atoms with E-state index in [4.69, 9.17) is 8.94 Å². The lowest BCUT2D eigenvalue weighted by Crippen LogP contribution is -2.32. The molecule has 0 aliphatic heterocycles. The molecule has 0 aromatic carbocycles. The van der Waals surface area contributed by atoms with Gasteiger partial charge < -0.3 is 13.8 Å². The predicted octanol–water partition coefficient (Wildman–Crippen LogP) is 4.67. The fourth-order valence-corrected chi connectivity index (χ4v) is 3.21. The van der Waals surface area contributed by atoms with Gasteiger partial charge >= 0.3 is 0 Å². The molecule has 0 aliphatic carbocycles. The van der Waals surface area contributed by atoms with Crippen LogP contribution in [0.1, 0.15) is 54.3 Å². The van der Waals surface area contributed by atoms with Crippen LogP contribution < -0.4 is 0 Å². The molecule has 0 unspecified atom stereocenters. The fourth-order valence-electron chi connectivity index (χ4n) is 3.21. The van der Waals surface area contributed by atoms with Crippen LogP contribution in [0.5, 0.6) is 0 Å². The van der Waals surface area contributed by atoms with Crippen molar-refractivity contribution in [2.45, 2.75) is 47.5 Å². The first kappa shape index (κ1) is 18.2. The maximum atomic E-state index is 13.2. The van der Waals surface area contributed by atoms with Crippen LogP contribution in [0.3, 0.4) is 0 Å². The lowest BCUT2D eigenvalue weighted by atomic mass is 10.0. The van der Waals surface area contributed by atoms with E-state index >= 15 is 0 Å². The van der Waals surface area contributed by atoms with Gasteiger partial charge in [-0.25, -0.2) is 4.98 Å². The minimum Gasteiger partial charge on any atom is -0.466 e. The normalized spacial score (nSPS) is 11.3. The van der Waals surface area contributed by atoms with Crippen LogP contribution in [0.2, 0.25) is 0 Å². The summed E-state index contributed by atoms with van der Waals surface area (Å²) in [5.74, 6) is 1.56. The van der Waals surface area contributed by atoms with Crippen molar-refractivity contribution in [3.8, 4) is 11.3 Å². The molecule has 0 radical (unpaired) electrons. The van der Waals surface area contributed by atoms with Gasteiger partial charge in [-0.1, -0.05) is 18.5 Å². The smallest absolute Gasteiger partial charge is 0.259 e. The molecule has 1 amide bonds. The molecule has 6 nitrogen and oxygen atoms in total. The van der Waals surface area contributed by atoms with Crippen LogP contribution in [-0.4, -0.2) is 34.0 Å². The van der Waals surface area contributed by atoms with Crippen molar-refractivity contribution < 1.29 is 13.7 Å². The molecule has 138 valence electrons. The number of unbranched alkanes of at least 4 members (excludes halogenated alkanes) is 1. The number of fused-ring (bicyclic) bond motifs is 1. The molecule has 3 aromatic heterocycles. The van der Waals surface area contributed by atoms with E-state index in [1.54, 1.807) is 0 Å². The second-order valence-electron chi connectivity index (χ2n) is 6.57. The van der Waals surface area contributed by atoms with Gasteiger partial charge in [-0.3, -0.25) is 4.79 Å².